The number of carbonyl (C=O) groups excluding carboxylic acids is 1. The SMILES string of the molecule is O=C(Cc1ccc2ccn(C3CCN(CCc4ccc(F)cc4)CC3)c2c1)NC(CO)CO. The number of likely N-dealkylation sites (tertiary alicyclic amines) is 1. The molecule has 2 heterocycles. The Morgan fingerprint density at radius 1 is 1.03 bits per heavy atom. The molecule has 1 aromatic heterocycles. The highest BCUT2D eigenvalue weighted by Gasteiger charge is 2.21. The van der Waals surface area contributed by atoms with E-state index in [9.17, 15) is 9.18 Å². The number of rotatable bonds is 9. The van der Waals surface area contributed by atoms with Crippen LogP contribution < -0.4 is 5.32 Å². The third kappa shape index (κ3) is 5.99. The third-order valence-corrected chi connectivity index (χ3v) is 6.54. The maximum absolute atomic E-state index is 13.1. The molecule has 0 spiro atoms. The number of benzene rings is 2. The number of halogens is 1. The highest BCUT2D eigenvalue weighted by Crippen LogP contribution is 2.28. The summed E-state index contributed by atoms with van der Waals surface area (Å²) in [5.41, 5.74) is 3.20. The van der Waals surface area contributed by atoms with Crippen LogP contribution in [0.1, 0.15) is 30.0 Å². The zero-order valence-electron chi connectivity index (χ0n) is 18.8. The number of carbonyl (C=O) groups is 1. The van der Waals surface area contributed by atoms with Crippen LogP contribution in [0.25, 0.3) is 10.9 Å². The van der Waals surface area contributed by atoms with Gasteiger partial charge in [0.25, 0.3) is 0 Å². The van der Waals surface area contributed by atoms with Gasteiger partial charge in [-0.15, -0.1) is 0 Å². The molecule has 1 amide bonds. The minimum absolute atomic E-state index is 0.193. The molecule has 2 aromatic carbocycles. The summed E-state index contributed by atoms with van der Waals surface area (Å²) in [7, 11) is 0. The van der Waals surface area contributed by atoms with Gasteiger partial charge >= 0.3 is 0 Å². The Morgan fingerprint density at radius 3 is 2.42 bits per heavy atom. The molecular formula is C26H32FN3O3. The van der Waals surface area contributed by atoms with Gasteiger partial charge in [0.05, 0.1) is 25.7 Å². The molecule has 1 aliphatic rings. The zero-order valence-corrected chi connectivity index (χ0v) is 18.8. The Balaban J connectivity index is 1.35. The lowest BCUT2D eigenvalue weighted by molar-refractivity contribution is -0.121. The monoisotopic (exact) mass is 453 g/mol. The van der Waals surface area contributed by atoms with Crippen molar-refractivity contribution in [2.75, 3.05) is 32.8 Å². The fraction of sp³-hybridized carbons (Fsp3) is 0.423. The molecule has 0 radical (unpaired) electrons. The standard InChI is InChI=1S/C26H32FN3O3/c27-22-5-2-19(3-6-22)7-11-29-12-9-24(10-13-29)30-14-8-21-4-1-20(15-25(21)30)16-26(33)28-23(17-31)18-32/h1-6,8,14-15,23-24,31-32H,7,9-13,16-18H2,(H,28,33). The first kappa shape index (κ1) is 23.4. The van der Waals surface area contributed by atoms with E-state index >= 15 is 0 Å². The fourth-order valence-electron chi connectivity index (χ4n) is 4.60. The molecule has 0 unspecified atom stereocenters. The lowest BCUT2D eigenvalue weighted by Gasteiger charge is -2.33. The summed E-state index contributed by atoms with van der Waals surface area (Å²) < 4.78 is 15.4. The van der Waals surface area contributed by atoms with E-state index in [4.69, 9.17) is 10.2 Å². The lowest BCUT2D eigenvalue weighted by atomic mass is 10.0. The Labute approximate surface area is 193 Å². The van der Waals surface area contributed by atoms with Crippen LogP contribution in [-0.2, 0) is 17.6 Å². The van der Waals surface area contributed by atoms with Crippen LogP contribution in [-0.4, -0.2) is 64.5 Å². The molecule has 3 aromatic rings. The normalized spacial score (nSPS) is 15.4. The molecule has 3 N–H and O–H groups in total. The molecule has 33 heavy (non-hydrogen) atoms. The van der Waals surface area contributed by atoms with Crippen LogP contribution in [0.2, 0.25) is 0 Å². The predicted molar refractivity (Wildman–Crippen MR) is 127 cm³/mol. The van der Waals surface area contributed by atoms with Gasteiger partial charge in [0.2, 0.25) is 5.91 Å². The van der Waals surface area contributed by atoms with E-state index < -0.39 is 6.04 Å². The topological polar surface area (TPSA) is 77.7 Å². The Bertz CT molecular complexity index is 1050. The highest BCUT2D eigenvalue weighted by atomic mass is 19.1. The van der Waals surface area contributed by atoms with Gasteiger partial charge in [-0.1, -0.05) is 24.3 Å². The second kappa shape index (κ2) is 10.9. The van der Waals surface area contributed by atoms with E-state index in [1.54, 1.807) is 0 Å². The number of amides is 1. The summed E-state index contributed by atoms with van der Waals surface area (Å²) in [6.07, 6.45) is 5.40. The lowest BCUT2D eigenvalue weighted by Crippen LogP contribution is -2.40. The number of nitrogens with one attached hydrogen (secondary N) is 1. The number of fused-ring (bicyclic) bond motifs is 1. The maximum atomic E-state index is 13.1. The molecule has 6 nitrogen and oxygen atoms in total. The first-order valence-electron chi connectivity index (χ1n) is 11.6. The van der Waals surface area contributed by atoms with Gasteiger partial charge in [0.15, 0.2) is 0 Å². The average molecular weight is 454 g/mol. The summed E-state index contributed by atoms with van der Waals surface area (Å²) in [6, 6.07) is 14.7. The van der Waals surface area contributed by atoms with E-state index in [0.717, 1.165) is 60.9 Å². The second-order valence-corrected chi connectivity index (χ2v) is 8.87. The quantitative estimate of drug-likeness (QED) is 0.466. The molecule has 1 aliphatic heterocycles. The minimum atomic E-state index is -0.627. The largest absolute Gasteiger partial charge is 0.394 e. The smallest absolute Gasteiger partial charge is 0.224 e. The fourth-order valence-corrected chi connectivity index (χ4v) is 4.60. The van der Waals surface area contributed by atoms with Crippen molar-refractivity contribution in [1.82, 2.24) is 14.8 Å². The van der Waals surface area contributed by atoms with Crippen molar-refractivity contribution in [2.45, 2.75) is 37.8 Å². The number of aliphatic hydroxyl groups excluding tert-OH is 2. The molecule has 0 aliphatic carbocycles. The van der Waals surface area contributed by atoms with Crippen LogP contribution in [0, 0.1) is 5.82 Å². The average Bonchev–Trinajstić information content (AvgIpc) is 3.26. The summed E-state index contributed by atoms with van der Waals surface area (Å²) in [5, 5.41) is 22.1. The first-order valence-corrected chi connectivity index (χ1v) is 11.6. The van der Waals surface area contributed by atoms with Gasteiger partial charge in [-0.2, -0.15) is 0 Å². The Hall–Kier alpha value is -2.74. The van der Waals surface area contributed by atoms with Crippen LogP contribution in [0.5, 0.6) is 0 Å². The van der Waals surface area contributed by atoms with Crippen molar-refractivity contribution in [3.8, 4) is 0 Å². The Kier molecular flexibility index (Phi) is 7.75. The third-order valence-electron chi connectivity index (χ3n) is 6.54. The number of hydrogen-bond acceptors (Lipinski definition) is 4. The van der Waals surface area contributed by atoms with Crippen LogP contribution in [0.15, 0.2) is 54.7 Å². The van der Waals surface area contributed by atoms with Crippen molar-refractivity contribution in [3.05, 3.63) is 71.7 Å². The minimum Gasteiger partial charge on any atom is -0.394 e. The van der Waals surface area contributed by atoms with Gasteiger partial charge in [0.1, 0.15) is 5.82 Å². The van der Waals surface area contributed by atoms with Gasteiger partial charge in [-0.3, -0.25) is 4.79 Å². The molecule has 0 saturated carbocycles. The van der Waals surface area contributed by atoms with Crippen LogP contribution in [0.4, 0.5) is 4.39 Å². The van der Waals surface area contributed by atoms with Crippen molar-refractivity contribution in [3.63, 3.8) is 0 Å². The highest BCUT2D eigenvalue weighted by molar-refractivity contribution is 5.84. The van der Waals surface area contributed by atoms with E-state index in [0.29, 0.717) is 6.04 Å². The van der Waals surface area contributed by atoms with E-state index in [1.165, 1.54) is 12.1 Å². The molecule has 7 heteroatoms. The van der Waals surface area contributed by atoms with Crippen LogP contribution in [0.3, 0.4) is 0 Å². The number of hydrogen-bond donors (Lipinski definition) is 3. The van der Waals surface area contributed by atoms with E-state index in [1.807, 2.05) is 24.3 Å². The summed E-state index contributed by atoms with van der Waals surface area (Å²) in [5.74, 6) is -0.406. The molecular weight excluding hydrogens is 421 g/mol. The Morgan fingerprint density at radius 2 is 1.73 bits per heavy atom. The van der Waals surface area contributed by atoms with Gasteiger partial charge in [0, 0.05) is 37.4 Å². The molecule has 4 rings (SSSR count). The van der Waals surface area contributed by atoms with Crippen molar-refractivity contribution < 1.29 is 19.4 Å². The first-order chi connectivity index (χ1) is 16.1. The number of aromatic nitrogens is 1. The van der Waals surface area contributed by atoms with Crippen molar-refractivity contribution >= 4 is 16.8 Å². The van der Waals surface area contributed by atoms with Crippen molar-refractivity contribution in [2.24, 2.45) is 0 Å². The number of nitrogens with zero attached hydrogens (tertiary/aromatic N) is 2. The molecule has 0 atom stereocenters. The van der Waals surface area contributed by atoms with Gasteiger partial charge < -0.3 is 25.0 Å². The zero-order chi connectivity index (χ0) is 23.2. The van der Waals surface area contributed by atoms with Gasteiger partial charge in [-0.25, -0.2) is 4.39 Å². The number of aliphatic hydroxyl groups is 2. The summed E-state index contributed by atoms with van der Waals surface area (Å²) in [6.45, 7) is 2.46. The number of piperidine rings is 1. The molecule has 0 bridgehead atoms. The van der Waals surface area contributed by atoms with Crippen LogP contribution >= 0.6 is 0 Å². The van der Waals surface area contributed by atoms with Gasteiger partial charge in [-0.05, 0) is 60.0 Å². The molecule has 1 fully saturated rings. The molecule has 1 saturated heterocycles. The maximum Gasteiger partial charge on any atom is 0.224 e. The predicted octanol–water partition coefficient (Wildman–Crippen LogP) is 2.67. The second-order valence-electron chi connectivity index (χ2n) is 8.87. The van der Waals surface area contributed by atoms with E-state index in [-0.39, 0.29) is 31.4 Å². The summed E-state index contributed by atoms with van der Waals surface area (Å²) in [4.78, 5) is 14.7. The summed E-state index contributed by atoms with van der Waals surface area (Å²) >= 11 is 0. The van der Waals surface area contributed by atoms with Crippen molar-refractivity contribution in [1.29, 1.82) is 0 Å². The molecule has 176 valence electrons. The van der Waals surface area contributed by atoms with E-state index in [2.05, 4.69) is 33.1 Å².